The molecule has 21 heavy (non-hydrogen) atoms. The monoisotopic (exact) mass is 291 g/mol. The number of hydrogen-bond acceptors (Lipinski definition) is 3. The highest BCUT2D eigenvalue weighted by Crippen LogP contribution is 2.22. The average Bonchev–Trinajstić information content (AvgIpc) is 2.52. The van der Waals surface area contributed by atoms with Crippen molar-refractivity contribution < 1.29 is 14.6 Å². The van der Waals surface area contributed by atoms with E-state index in [0.717, 1.165) is 12.1 Å². The maximum Gasteiger partial charge on any atom is 0.257 e. The van der Waals surface area contributed by atoms with Crippen LogP contribution in [0.2, 0.25) is 0 Å². The molecule has 0 spiro atoms. The molecule has 0 saturated heterocycles. The molecule has 1 aliphatic rings. The second-order valence-corrected chi connectivity index (χ2v) is 5.85. The number of aliphatic hydroxyl groups excluding tert-OH is 1. The molecule has 0 radical (unpaired) electrons. The zero-order valence-corrected chi connectivity index (χ0v) is 12.7. The van der Waals surface area contributed by atoms with E-state index in [-0.39, 0.29) is 12.5 Å². The molecule has 1 unspecified atom stereocenters. The first-order valence-electron chi connectivity index (χ1n) is 7.82. The van der Waals surface area contributed by atoms with Gasteiger partial charge in [0.1, 0.15) is 5.75 Å². The van der Waals surface area contributed by atoms with Gasteiger partial charge in [0, 0.05) is 6.54 Å². The molecular formula is C17H25NO3. The smallest absolute Gasteiger partial charge is 0.257 e. The van der Waals surface area contributed by atoms with Gasteiger partial charge in [0.05, 0.1) is 6.10 Å². The summed E-state index contributed by atoms with van der Waals surface area (Å²) in [5.74, 6) is 1.16. The van der Waals surface area contributed by atoms with E-state index in [1.807, 2.05) is 12.1 Å². The van der Waals surface area contributed by atoms with Crippen LogP contribution in [0.5, 0.6) is 5.75 Å². The van der Waals surface area contributed by atoms with Crippen LogP contribution >= 0.6 is 0 Å². The van der Waals surface area contributed by atoms with E-state index in [1.165, 1.54) is 32.1 Å². The third kappa shape index (κ3) is 5.38. The van der Waals surface area contributed by atoms with Crippen LogP contribution in [-0.2, 0) is 4.79 Å². The van der Waals surface area contributed by atoms with E-state index in [9.17, 15) is 9.90 Å². The third-order valence-corrected chi connectivity index (χ3v) is 4.02. The SMILES string of the molecule is CC(O)c1cccc(OCC(=O)NCC2CCCCC2)c1. The summed E-state index contributed by atoms with van der Waals surface area (Å²) in [6.07, 6.45) is 5.79. The Bertz CT molecular complexity index is 453. The summed E-state index contributed by atoms with van der Waals surface area (Å²) in [5, 5.41) is 12.5. The van der Waals surface area contributed by atoms with Crippen molar-refractivity contribution in [1.29, 1.82) is 0 Å². The molecule has 1 amide bonds. The lowest BCUT2D eigenvalue weighted by Crippen LogP contribution is -2.33. The molecule has 1 aliphatic carbocycles. The number of hydrogen-bond donors (Lipinski definition) is 2. The third-order valence-electron chi connectivity index (χ3n) is 4.02. The molecule has 0 aliphatic heterocycles. The average molecular weight is 291 g/mol. The Kier molecular flexibility index (Phi) is 6.05. The van der Waals surface area contributed by atoms with Crippen molar-refractivity contribution in [3.8, 4) is 5.75 Å². The van der Waals surface area contributed by atoms with Gasteiger partial charge in [-0.1, -0.05) is 31.4 Å². The van der Waals surface area contributed by atoms with Gasteiger partial charge in [-0.15, -0.1) is 0 Å². The first-order valence-corrected chi connectivity index (χ1v) is 7.82. The fourth-order valence-corrected chi connectivity index (χ4v) is 2.71. The van der Waals surface area contributed by atoms with Crippen molar-refractivity contribution in [2.75, 3.05) is 13.2 Å². The second kappa shape index (κ2) is 8.03. The minimum absolute atomic E-state index is 0.0238. The summed E-state index contributed by atoms with van der Waals surface area (Å²) in [7, 11) is 0. The van der Waals surface area contributed by atoms with Crippen LogP contribution in [-0.4, -0.2) is 24.2 Å². The largest absolute Gasteiger partial charge is 0.484 e. The Balaban J connectivity index is 1.72. The minimum Gasteiger partial charge on any atom is -0.484 e. The molecule has 116 valence electrons. The minimum atomic E-state index is -0.534. The number of rotatable bonds is 6. The summed E-state index contributed by atoms with van der Waals surface area (Å²) in [4.78, 5) is 11.8. The highest BCUT2D eigenvalue weighted by molar-refractivity contribution is 5.77. The van der Waals surface area contributed by atoms with Gasteiger partial charge in [-0.05, 0) is 43.4 Å². The summed E-state index contributed by atoms with van der Waals surface area (Å²) in [6.45, 7) is 2.49. The highest BCUT2D eigenvalue weighted by atomic mass is 16.5. The molecule has 0 heterocycles. The zero-order valence-electron chi connectivity index (χ0n) is 12.7. The van der Waals surface area contributed by atoms with Crippen LogP contribution in [0.25, 0.3) is 0 Å². The number of ether oxygens (including phenoxy) is 1. The van der Waals surface area contributed by atoms with E-state index in [2.05, 4.69) is 5.32 Å². The van der Waals surface area contributed by atoms with E-state index in [1.54, 1.807) is 19.1 Å². The van der Waals surface area contributed by atoms with Gasteiger partial charge >= 0.3 is 0 Å². The molecule has 1 atom stereocenters. The second-order valence-electron chi connectivity index (χ2n) is 5.85. The Labute approximate surface area is 126 Å². The van der Waals surface area contributed by atoms with Crippen LogP contribution in [0.15, 0.2) is 24.3 Å². The normalized spacial score (nSPS) is 17.2. The van der Waals surface area contributed by atoms with Gasteiger partial charge in [-0.2, -0.15) is 0 Å². The van der Waals surface area contributed by atoms with E-state index < -0.39 is 6.10 Å². The van der Waals surface area contributed by atoms with Gasteiger partial charge in [-0.25, -0.2) is 0 Å². The van der Waals surface area contributed by atoms with Crippen LogP contribution < -0.4 is 10.1 Å². The van der Waals surface area contributed by atoms with Crippen LogP contribution in [0, 0.1) is 5.92 Å². The maximum atomic E-state index is 11.8. The van der Waals surface area contributed by atoms with Crippen LogP contribution in [0.1, 0.15) is 50.7 Å². The van der Waals surface area contributed by atoms with Gasteiger partial charge in [0.2, 0.25) is 0 Å². The Hall–Kier alpha value is -1.55. The summed E-state index contributed by atoms with van der Waals surface area (Å²) in [5.41, 5.74) is 0.787. The number of amides is 1. The Morgan fingerprint density at radius 1 is 1.38 bits per heavy atom. The van der Waals surface area contributed by atoms with Crippen molar-refractivity contribution in [2.45, 2.75) is 45.1 Å². The number of carbonyl (C=O) groups is 1. The molecule has 0 bridgehead atoms. The molecular weight excluding hydrogens is 266 g/mol. The number of carbonyl (C=O) groups excluding carboxylic acids is 1. The van der Waals surface area contributed by atoms with Crippen molar-refractivity contribution in [1.82, 2.24) is 5.32 Å². The molecule has 2 rings (SSSR count). The zero-order chi connectivity index (χ0) is 15.1. The predicted octanol–water partition coefficient (Wildman–Crippen LogP) is 2.82. The van der Waals surface area contributed by atoms with Crippen molar-refractivity contribution in [2.24, 2.45) is 5.92 Å². The van der Waals surface area contributed by atoms with Gasteiger partial charge in [0.15, 0.2) is 6.61 Å². The van der Waals surface area contributed by atoms with Gasteiger partial charge in [0.25, 0.3) is 5.91 Å². The first-order chi connectivity index (χ1) is 10.1. The van der Waals surface area contributed by atoms with Crippen LogP contribution in [0.3, 0.4) is 0 Å². The summed E-state index contributed by atoms with van der Waals surface area (Å²) in [6, 6.07) is 7.21. The molecule has 0 aromatic heterocycles. The predicted molar refractivity (Wildman–Crippen MR) is 82.2 cm³/mol. The van der Waals surface area contributed by atoms with Crippen molar-refractivity contribution in [3.05, 3.63) is 29.8 Å². The molecule has 1 aromatic rings. The van der Waals surface area contributed by atoms with Gasteiger partial charge < -0.3 is 15.2 Å². The van der Waals surface area contributed by atoms with Gasteiger partial charge in [-0.3, -0.25) is 4.79 Å². The lowest BCUT2D eigenvalue weighted by Gasteiger charge is -2.21. The standard InChI is InChI=1S/C17H25NO3/c1-13(19)15-8-5-9-16(10-15)21-12-17(20)18-11-14-6-3-2-4-7-14/h5,8-10,13-14,19H,2-4,6-7,11-12H2,1H3,(H,18,20). The number of nitrogens with one attached hydrogen (secondary N) is 1. The summed E-state index contributed by atoms with van der Waals surface area (Å²) < 4.78 is 5.48. The molecule has 2 N–H and O–H groups in total. The number of aliphatic hydroxyl groups is 1. The Morgan fingerprint density at radius 2 is 2.14 bits per heavy atom. The summed E-state index contributed by atoms with van der Waals surface area (Å²) >= 11 is 0. The maximum absolute atomic E-state index is 11.8. The fourth-order valence-electron chi connectivity index (χ4n) is 2.71. The van der Waals surface area contributed by atoms with E-state index in [4.69, 9.17) is 4.74 Å². The first kappa shape index (κ1) is 15.8. The van der Waals surface area contributed by atoms with Crippen LogP contribution in [0.4, 0.5) is 0 Å². The van der Waals surface area contributed by atoms with E-state index in [0.29, 0.717) is 11.7 Å². The molecule has 1 fully saturated rings. The lowest BCUT2D eigenvalue weighted by atomic mass is 9.89. The highest BCUT2D eigenvalue weighted by Gasteiger charge is 2.14. The number of benzene rings is 1. The van der Waals surface area contributed by atoms with E-state index >= 15 is 0 Å². The van der Waals surface area contributed by atoms with Crippen molar-refractivity contribution in [3.63, 3.8) is 0 Å². The topological polar surface area (TPSA) is 58.6 Å². The fraction of sp³-hybridized carbons (Fsp3) is 0.588. The van der Waals surface area contributed by atoms with Crippen molar-refractivity contribution >= 4 is 5.91 Å². The Morgan fingerprint density at radius 3 is 2.86 bits per heavy atom. The molecule has 1 saturated carbocycles. The molecule has 1 aromatic carbocycles. The molecule has 4 nitrogen and oxygen atoms in total. The quantitative estimate of drug-likeness (QED) is 0.847. The molecule has 4 heteroatoms. The lowest BCUT2D eigenvalue weighted by molar-refractivity contribution is -0.123.